The van der Waals surface area contributed by atoms with Crippen LogP contribution in [0.2, 0.25) is 0 Å². The molecule has 0 saturated heterocycles. The molecule has 3 N–H and O–H groups in total. The molecule has 27 heavy (non-hydrogen) atoms. The highest BCUT2D eigenvalue weighted by Gasteiger charge is 2.13. The number of fused-ring (bicyclic) bond motifs is 1. The lowest BCUT2D eigenvalue weighted by atomic mass is 9.98. The van der Waals surface area contributed by atoms with E-state index in [0.717, 1.165) is 55.4 Å². The fraction of sp³-hybridized carbons (Fsp3) is 0.600. The Morgan fingerprint density at radius 3 is 2.74 bits per heavy atom. The molecule has 150 valence electrons. The van der Waals surface area contributed by atoms with Gasteiger partial charge in [-0.05, 0) is 31.4 Å². The molecule has 1 aliphatic carbocycles. The number of aliphatic imine (C=N–C) groups is 1. The summed E-state index contributed by atoms with van der Waals surface area (Å²) in [6.45, 7) is 2.49. The van der Waals surface area contributed by atoms with Crippen molar-refractivity contribution in [1.29, 1.82) is 0 Å². The van der Waals surface area contributed by atoms with Gasteiger partial charge < -0.3 is 20.4 Å². The largest absolute Gasteiger partial charge is 0.378 e. The molecule has 1 aromatic heterocycles. The highest BCUT2D eigenvalue weighted by molar-refractivity contribution is 14.0. The molecule has 0 aliphatic heterocycles. The van der Waals surface area contributed by atoms with Crippen molar-refractivity contribution in [2.45, 2.75) is 51.0 Å². The third-order valence-electron chi connectivity index (χ3n) is 4.84. The lowest BCUT2D eigenvalue weighted by molar-refractivity contribution is 0.0277. The van der Waals surface area contributed by atoms with Crippen molar-refractivity contribution in [3.8, 4) is 0 Å². The van der Waals surface area contributed by atoms with Crippen LogP contribution < -0.4 is 10.6 Å². The van der Waals surface area contributed by atoms with Gasteiger partial charge in [0.25, 0.3) is 0 Å². The molecule has 1 fully saturated rings. The van der Waals surface area contributed by atoms with Crippen LogP contribution in [0.5, 0.6) is 0 Å². The molecule has 0 amide bonds. The summed E-state index contributed by atoms with van der Waals surface area (Å²) < 4.78 is 5.95. The van der Waals surface area contributed by atoms with Crippen LogP contribution in [0.3, 0.4) is 0 Å². The number of aromatic nitrogens is 2. The first kappa shape index (κ1) is 21.9. The number of nitrogens with one attached hydrogen (secondary N) is 3. The first-order valence-electron chi connectivity index (χ1n) is 9.85. The highest BCUT2D eigenvalue weighted by Crippen LogP contribution is 2.20. The number of guanidine groups is 1. The second-order valence-corrected chi connectivity index (χ2v) is 6.86. The van der Waals surface area contributed by atoms with Crippen molar-refractivity contribution in [1.82, 2.24) is 20.6 Å². The quantitative estimate of drug-likeness (QED) is 0.231. The molecule has 1 heterocycles. The summed E-state index contributed by atoms with van der Waals surface area (Å²) in [4.78, 5) is 12.2. The zero-order valence-electron chi connectivity index (χ0n) is 16.2. The van der Waals surface area contributed by atoms with Crippen LogP contribution in [0.15, 0.2) is 29.3 Å². The fourth-order valence-electron chi connectivity index (χ4n) is 3.40. The summed E-state index contributed by atoms with van der Waals surface area (Å²) in [5, 5.41) is 6.69. The fourth-order valence-corrected chi connectivity index (χ4v) is 3.40. The first-order chi connectivity index (χ1) is 12.8. The topological polar surface area (TPSA) is 74.3 Å². The van der Waals surface area contributed by atoms with E-state index in [2.05, 4.69) is 31.7 Å². The number of aromatic amines is 1. The lowest BCUT2D eigenvalue weighted by Gasteiger charge is -2.22. The number of H-pyrrole nitrogens is 1. The monoisotopic (exact) mass is 485 g/mol. The maximum atomic E-state index is 5.95. The van der Waals surface area contributed by atoms with Gasteiger partial charge in [-0.15, -0.1) is 24.0 Å². The number of halogens is 1. The minimum atomic E-state index is 0. The van der Waals surface area contributed by atoms with Gasteiger partial charge in [-0.1, -0.05) is 31.4 Å². The minimum absolute atomic E-state index is 0. The Hall–Kier alpha value is -1.35. The molecule has 1 aliphatic rings. The maximum absolute atomic E-state index is 5.95. The Morgan fingerprint density at radius 1 is 1.19 bits per heavy atom. The Morgan fingerprint density at radius 2 is 1.96 bits per heavy atom. The van der Waals surface area contributed by atoms with Crippen molar-refractivity contribution >= 4 is 41.0 Å². The maximum Gasteiger partial charge on any atom is 0.190 e. The molecule has 1 aromatic carbocycles. The van der Waals surface area contributed by atoms with E-state index in [9.17, 15) is 0 Å². The summed E-state index contributed by atoms with van der Waals surface area (Å²) in [6, 6.07) is 8.11. The molecule has 0 atom stereocenters. The molecule has 0 unspecified atom stereocenters. The van der Waals surface area contributed by atoms with E-state index in [1.54, 1.807) is 7.05 Å². The molecule has 0 spiro atoms. The molecule has 6 nitrogen and oxygen atoms in total. The van der Waals surface area contributed by atoms with Gasteiger partial charge >= 0.3 is 0 Å². The predicted octanol–water partition coefficient (Wildman–Crippen LogP) is 3.63. The number of hydrogen-bond acceptors (Lipinski definition) is 3. The van der Waals surface area contributed by atoms with Gasteiger partial charge in [-0.2, -0.15) is 0 Å². The van der Waals surface area contributed by atoms with Crippen LogP contribution in [0.25, 0.3) is 11.0 Å². The third kappa shape index (κ3) is 7.29. The Bertz CT molecular complexity index is 663. The van der Waals surface area contributed by atoms with Gasteiger partial charge in [0.05, 0.1) is 17.1 Å². The lowest BCUT2D eigenvalue weighted by Crippen LogP contribution is -2.39. The van der Waals surface area contributed by atoms with Gasteiger partial charge in [0.15, 0.2) is 5.96 Å². The van der Waals surface area contributed by atoms with Gasteiger partial charge in [0, 0.05) is 33.2 Å². The average Bonchev–Trinajstić information content (AvgIpc) is 3.10. The van der Waals surface area contributed by atoms with E-state index in [1.165, 1.54) is 32.1 Å². The summed E-state index contributed by atoms with van der Waals surface area (Å²) in [6.07, 6.45) is 8.81. The summed E-state index contributed by atoms with van der Waals surface area (Å²) in [5.41, 5.74) is 2.10. The number of ether oxygens (including phenoxy) is 1. The Balaban J connectivity index is 0.00000261. The SMILES string of the molecule is CN=C(NCCCOC1CCCCC1)NCCc1nc2ccccc2[nH]1.I. The standard InChI is InChI=1S/C20H31N5O.HI/c1-21-20(22-13-7-15-26-16-8-3-2-4-9-16)23-14-12-19-24-17-10-5-6-11-18(17)25-19;/h5-6,10-11,16H,2-4,7-9,12-15H2,1H3,(H,24,25)(H2,21,22,23);1H. The van der Waals surface area contributed by atoms with Crippen molar-refractivity contribution in [2.24, 2.45) is 4.99 Å². The van der Waals surface area contributed by atoms with Crippen LogP contribution in [0.4, 0.5) is 0 Å². The van der Waals surface area contributed by atoms with Crippen molar-refractivity contribution in [3.63, 3.8) is 0 Å². The van der Waals surface area contributed by atoms with Crippen molar-refractivity contribution in [3.05, 3.63) is 30.1 Å². The number of imidazole rings is 1. The molecule has 3 rings (SSSR count). The number of rotatable bonds is 8. The number of benzene rings is 1. The van der Waals surface area contributed by atoms with Crippen molar-refractivity contribution in [2.75, 3.05) is 26.7 Å². The van der Waals surface area contributed by atoms with Crippen LogP contribution in [-0.2, 0) is 11.2 Å². The molecular formula is C20H32IN5O. The van der Waals surface area contributed by atoms with E-state index in [1.807, 2.05) is 18.2 Å². The van der Waals surface area contributed by atoms with E-state index >= 15 is 0 Å². The second kappa shape index (κ2) is 12.2. The molecule has 0 bridgehead atoms. The van der Waals surface area contributed by atoms with Gasteiger partial charge in [-0.3, -0.25) is 4.99 Å². The summed E-state index contributed by atoms with van der Waals surface area (Å²) in [7, 11) is 1.80. The predicted molar refractivity (Wildman–Crippen MR) is 122 cm³/mol. The molecular weight excluding hydrogens is 453 g/mol. The number of hydrogen-bond donors (Lipinski definition) is 3. The summed E-state index contributed by atoms with van der Waals surface area (Å²) in [5.74, 6) is 1.83. The molecule has 7 heteroatoms. The minimum Gasteiger partial charge on any atom is -0.378 e. The molecule has 1 saturated carbocycles. The van der Waals surface area contributed by atoms with Crippen LogP contribution in [0, 0.1) is 0 Å². The van der Waals surface area contributed by atoms with Crippen LogP contribution >= 0.6 is 24.0 Å². The second-order valence-electron chi connectivity index (χ2n) is 6.86. The van der Waals surface area contributed by atoms with Gasteiger partial charge in [0.2, 0.25) is 0 Å². The summed E-state index contributed by atoms with van der Waals surface area (Å²) >= 11 is 0. The number of para-hydroxylation sites is 2. The third-order valence-corrected chi connectivity index (χ3v) is 4.84. The van der Waals surface area contributed by atoms with E-state index in [4.69, 9.17) is 4.74 Å². The first-order valence-corrected chi connectivity index (χ1v) is 9.85. The zero-order chi connectivity index (χ0) is 18.0. The van der Waals surface area contributed by atoms with E-state index < -0.39 is 0 Å². The Kier molecular flexibility index (Phi) is 9.90. The molecule has 0 radical (unpaired) electrons. The van der Waals surface area contributed by atoms with Crippen molar-refractivity contribution < 1.29 is 4.74 Å². The Labute approximate surface area is 179 Å². The average molecular weight is 485 g/mol. The zero-order valence-corrected chi connectivity index (χ0v) is 18.5. The smallest absolute Gasteiger partial charge is 0.190 e. The van der Waals surface area contributed by atoms with Gasteiger partial charge in [-0.25, -0.2) is 4.98 Å². The number of nitrogens with zero attached hydrogens (tertiary/aromatic N) is 2. The van der Waals surface area contributed by atoms with Crippen LogP contribution in [0.1, 0.15) is 44.3 Å². The normalized spacial score (nSPS) is 15.5. The highest BCUT2D eigenvalue weighted by atomic mass is 127. The van der Waals surface area contributed by atoms with E-state index in [-0.39, 0.29) is 24.0 Å². The molecule has 2 aromatic rings. The van der Waals surface area contributed by atoms with Gasteiger partial charge in [0.1, 0.15) is 5.82 Å². The van der Waals surface area contributed by atoms with Crippen LogP contribution in [-0.4, -0.2) is 48.8 Å². The van der Waals surface area contributed by atoms with E-state index in [0.29, 0.717) is 6.10 Å².